The van der Waals surface area contributed by atoms with Crippen LogP contribution in [0.15, 0.2) is 36.5 Å². The number of anilines is 1. The lowest BCUT2D eigenvalue weighted by atomic mass is 10.2. The van der Waals surface area contributed by atoms with Gasteiger partial charge in [0.05, 0.1) is 6.20 Å². The highest BCUT2D eigenvalue weighted by Crippen LogP contribution is 2.26. The normalized spacial score (nSPS) is 13.5. The van der Waals surface area contributed by atoms with Gasteiger partial charge in [0.1, 0.15) is 12.2 Å². The smallest absolute Gasteiger partial charge is 0.415 e. The van der Waals surface area contributed by atoms with Crippen molar-refractivity contribution in [3.05, 3.63) is 47.7 Å². The van der Waals surface area contributed by atoms with Crippen molar-refractivity contribution in [1.29, 1.82) is 0 Å². The fourth-order valence-corrected chi connectivity index (χ4v) is 2.44. The molecule has 0 fully saturated rings. The lowest BCUT2D eigenvalue weighted by Gasteiger charge is -2.27. The number of aromatic nitrogens is 2. The predicted octanol–water partition coefficient (Wildman–Crippen LogP) is 2.13. The van der Waals surface area contributed by atoms with E-state index in [-0.39, 0.29) is 18.0 Å². The van der Waals surface area contributed by atoms with Gasteiger partial charge in [-0.3, -0.25) is 4.90 Å². The molecule has 1 amide bonds. The Kier molecular flexibility index (Phi) is 3.78. The topological polar surface area (TPSA) is 84.7 Å². The number of ether oxygens (including phenoxy) is 1. The number of aromatic carboxylic acids is 1. The number of fused-ring (bicyclic) bond motifs is 1. The number of carbonyl (C=O) groups is 2. The molecule has 1 N–H and O–H groups in total. The van der Waals surface area contributed by atoms with Crippen LogP contribution in [0.5, 0.6) is 0 Å². The third-order valence-corrected chi connectivity index (χ3v) is 3.47. The van der Waals surface area contributed by atoms with E-state index in [1.54, 1.807) is 0 Å². The summed E-state index contributed by atoms with van der Waals surface area (Å²) in [5.74, 6) is -0.819. The zero-order chi connectivity index (χ0) is 15.5. The molecule has 0 radical (unpaired) electrons. The van der Waals surface area contributed by atoms with Gasteiger partial charge >= 0.3 is 12.1 Å². The molecule has 2 heterocycles. The maximum absolute atomic E-state index is 12.3. The first-order valence-electron chi connectivity index (χ1n) is 6.94. The number of rotatable bonds is 3. The molecule has 0 saturated carbocycles. The number of hydrogen-bond donors (Lipinski definition) is 1. The molecule has 1 aromatic carbocycles. The Morgan fingerprint density at radius 1 is 1.23 bits per heavy atom. The number of hydrogen-bond acceptors (Lipinski definition) is 4. The molecule has 114 valence electrons. The predicted molar refractivity (Wildman–Crippen MR) is 77.8 cm³/mol. The van der Waals surface area contributed by atoms with Crippen LogP contribution in [-0.2, 0) is 17.9 Å². The van der Waals surface area contributed by atoms with Crippen molar-refractivity contribution in [3.8, 4) is 0 Å². The number of nitrogens with zero attached hydrogens (tertiary/aromatic N) is 3. The first kappa shape index (κ1) is 14.1. The first-order valence-corrected chi connectivity index (χ1v) is 6.94. The molecule has 0 aliphatic carbocycles. The van der Waals surface area contributed by atoms with Crippen LogP contribution in [0, 0.1) is 0 Å². The van der Waals surface area contributed by atoms with Gasteiger partial charge in [-0.2, -0.15) is 5.10 Å². The molecule has 3 rings (SSSR count). The van der Waals surface area contributed by atoms with Gasteiger partial charge in [-0.25, -0.2) is 14.3 Å². The summed E-state index contributed by atoms with van der Waals surface area (Å²) in [7, 11) is 0. The van der Waals surface area contributed by atoms with Crippen LogP contribution in [0.3, 0.4) is 0 Å². The molecule has 7 heteroatoms. The maximum Gasteiger partial charge on any atom is 0.415 e. The third kappa shape index (κ3) is 2.65. The molecule has 0 unspecified atom stereocenters. The second kappa shape index (κ2) is 5.88. The average Bonchev–Trinajstić information content (AvgIpc) is 2.98. The average molecular weight is 301 g/mol. The monoisotopic (exact) mass is 301 g/mol. The fourth-order valence-electron chi connectivity index (χ4n) is 2.44. The summed E-state index contributed by atoms with van der Waals surface area (Å²) in [5, 5.41) is 13.2. The highest BCUT2D eigenvalue weighted by molar-refractivity contribution is 5.98. The summed E-state index contributed by atoms with van der Waals surface area (Å²) in [6.45, 7) is 1.15. The van der Waals surface area contributed by atoms with Crippen molar-refractivity contribution < 1.29 is 19.4 Å². The van der Waals surface area contributed by atoms with Crippen molar-refractivity contribution in [2.24, 2.45) is 0 Å². The summed E-state index contributed by atoms with van der Waals surface area (Å²) in [6.07, 6.45) is 1.40. The molecule has 7 nitrogen and oxygen atoms in total. The molecule has 0 saturated heterocycles. The van der Waals surface area contributed by atoms with E-state index < -0.39 is 12.1 Å². The summed E-state index contributed by atoms with van der Waals surface area (Å²) in [6, 6.07) is 9.32. The minimum Gasteiger partial charge on any atom is -0.477 e. The number of amides is 1. The summed E-state index contributed by atoms with van der Waals surface area (Å²) in [4.78, 5) is 24.9. The quantitative estimate of drug-likeness (QED) is 0.938. The zero-order valence-corrected chi connectivity index (χ0v) is 11.8. The van der Waals surface area contributed by atoms with Gasteiger partial charge in [0, 0.05) is 13.1 Å². The SMILES string of the molecule is O=C(O)c1cnn2c1N(C(=O)OCc1ccccc1)CCC2. The van der Waals surface area contributed by atoms with Crippen molar-refractivity contribution in [2.45, 2.75) is 19.6 Å². The minimum atomic E-state index is -1.11. The van der Waals surface area contributed by atoms with E-state index in [2.05, 4.69) is 5.10 Å². The van der Waals surface area contributed by atoms with E-state index in [0.29, 0.717) is 19.5 Å². The van der Waals surface area contributed by atoms with Crippen molar-refractivity contribution in [1.82, 2.24) is 9.78 Å². The Balaban J connectivity index is 1.77. The summed E-state index contributed by atoms with van der Waals surface area (Å²) < 4.78 is 6.81. The number of aryl methyl sites for hydroxylation is 1. The van der Waals surface area contributed by atoms with Gasteiger partial charge in [0.2, 0.25) is 0 Å². The van der Waals surface area contributed by atoms with Crippen molar-refractivity contribution >= 4 is 17.9 Å². The molecule has 22 heavy (non-hydrogen) atoms. The molecule has 0 bridgehead atoms. The first-order chi connectivity index (χ1) is 10.7. The van der Waals surface area contributed by atoms with Gasteiger partial charge in [-0.05, 0) is 12.0 Å². The lowest BCUT2D eigenvalue weighted by Crippen LogP contribution is -2.38. The van der Waals surface area contributed by atoms with Crippen LogP contribution in [0.2, 0.25) is 0 Å². The molecular weight excluding hydrogens is 286 g/mol. The molecule has 2 aromatic rings. The lowest BCUT2D eigenvalue weighted by molar-refractivity contribution is 0.0697. The number of benzene rings is 1. The van der Waals surface area contributed by atoms with E-state index in [0.717, 1.165) is 5.56 Å². The van der Waals surface area contributed by atoms with Crippen LogP contribution in [0.1, 0.15) is 22.3 Å². The summed E-state index contributed by atoms with van der Waals surface area (Å²) >= 11 is 0. The van der Waals surface area contributed by atoms with Gasteiger partial charge in [-0.1, -0.05) is 30.3 Å². The Morgan fingerprint density at radius 2 is 2.00 bits per heavy atom. The Morgan fingerprint density at radius 3 is 2.73 bits per heavy atom. The highest BCUT2D eigenvalue weighted by atomic mass is 16.6. The van der Waals surface area contributed by atoms with Gasteiger partial charge in [0.15, 0.2) is 5.82 Å². The number of carboxylic acids is 1. The molecule has 0 atom stereocenters. The maximum atomic E-state index is 12.3. The molecule has 1 aromatic heterocycles. The molecule has 1 aliphatic rings. The zero-order valence-electron chi connectivity index (χ0n) is 11.8. The standard InChI is InChI=1S/C15H15N3O4/c19-14(20)12-9-16-18-8-4-7-17(13(12)18)15(21)22-10-11-5-2-1-3-6-11/h1-3,5-6,9H,4,7-8,10H2,(H,19,20). The van der Waals surface area contributed by atoms with E-state index in [1.807, 2.05) is 30.3 Å². The Bertz CT molecular complexity index is 696. The molecule has 1 aliphatic heterocycles. The van der Waals surface area contributed by atoms with Crippen molar-refractivity contribution in [3.63, 3.8) is 0 Å². The van der Waals surface area contributed by atoms with E-state index in [4.69, 9.17) is 4.74 Å². The third-order valence-electron chi connectivity index (χ3n) is 3.47. The van der Waals surface area contributed by atoms with Gasteiger partial charge < -0.3 is 9.84 Å². The van der Waals surface area contributed by atoms with E-state index in [9.17, 15) is 14.7 Å². The fraction of sp³-hybridized carbons (Fsp3) is 0.267. The van der Waals surface area contributed by atoms with E-state index in [1.165, 1.54) is 15.8 Å². The number of carbonyl (C=O) groups excluding carboxylic acids is 1. The second-order valence-electron chi connectivity index (χ2n) is 4.96. The van der Waals surface area contributed by atoms with Crippen LogP contribution in [0.25, 0.3) is 0 Å². The Labute approximate surface area is 126 Å². The van der Waals surface area contributed by atoms with Gasteiger partial charge in [0.25, 0.3) is 0 Å². The highest BCUT2D eigenvalue weighted by Gasteiger charge is 2.30. The van der Waals surface area contributed by atoms with Gasteiger partial charge in [-0.15, -0.1) is 0 Å². The second-order valence-corrected chi connectivity index (χ2v) is 4.96. The molecule has 0 spiro atoms. The van der Waals surface area contributed by atoms with Crippen LogP contribution in [0.4, 0.5) is 10.6 Å². The van der Waals surface area contributed by atoms with Crippen LogP contribution < -0.4 is 4.90 Å². The Hall–Kier alpha value is -2.83. The molecular formula is C15H15N3O4. The minimum absolute atomic E-state index is 0.0105. The van der Waals surface area contributed by atoms with E-state index >= 15 is 0 Å². The van der Waals surface area contributed by atoms with Crippen molar-refractivity contribution in [2.75, 3.05) is 11.4 Å². The van der Waals surface area contributed by atoms with Crippen LogP contribution >= 0.6 is 0 Å². The van der Waals surface area contributed by atoms with Crippen LogP contribution in [-0.4, -0.2) is 33.5 Å². The summed E-state index contributed by atoms with van der Waals surface area (Å²) in [5.41, 5.74) is 0.885. The number of carboxylic acid groups (broad SMARTS) is 1. The largest absolute Gasteiger partial charge is 0.477 e.